The topological polar surface area (TPSA) is 65.1 Å². The number of aromatic amines is 1. The summed E-state index contributed by atoms with van der Waals surface area (Å²) in [6.07, 6.45) is 0.754. The monoisotopic (exact) mass is 507 g/mol. The third-order valence-corrected chi connectivity index (χ3v) is 7.78. The zero-order valence-electron chi connectivity index (χ0n) is 20.3. The summed E-state index contributed by atoms with van der Waals surface area (Å²) in [6, 6.07) is 6.57. The lowest BCUT2D eigenvalue weighted by Crippen LogP contribution is -2.57. The molecule has 1 N–H and O–H groups in total. The number of aromatic nitrogens is 3. The predicted octanol–water partition coefficient (Wildman–Crippen LogP) is 5.57. The number of rotatable bonds is 9. The number of benzene rings is 1. The molecule has 0 bridgehead atoms. The number of ketones is 1. The fourth-order valence-corrected chi connectivity index (χ4v) is 5.49. The summed E-state index contributed by atoms with van der Waals surface area (Å²) < 4.78 is 40.1. The predicted molar refractivity (Wildman–Crippen MR) is 133 cm³/mol. The highest BCUT2D eigenvalue weighted by molar-refractivity contribution is 7.17. The zero-order valence-corrected chi connectivity index (χ0v) is 21.1. The Labute approximate surface area is 207 Å². The van der Waals surface area contributed by atoms with E-state index in [0.29, 0.717) is 24.0 Å². The quantitative estimate of drug-likeness (QED) is 0.384. The fourth-order valence-electron chi connectivity index (χ4n) is 4.66. The van der Waals surface area contributed by atoms with Crippen molar-refractivity contribution in [1.82, 2.24) is 20.1 Å². The van der Waals surface area contributed by atoms with Gasteiger partial charge in [-0.2, -0.15) is 13.2 Å². The molecule has 4 rings (SSSR count). The van der Waals surface area contributed by atoms with Gasteiger partial charge in [-0.25, -0.2) is 0 Å². The van der Waals surface area contributed by atoms with Crippen LogP contribution in [0.5, 0.6) is 0 Å². The lowest BCUT2D eigenvalue weighted by Gasteiger charge is -2.39. The number of Topliss-reactive ketones (excluding diaryl/α,β-unsaturated/α-hetero) is 1. The summed E-state index contributed by atoms with van der Waals surface area (Å²) in [5.74, 6) is 0.584. The van der Waals surface area contributed by atoms with Gasteiger partial charge >= 0.3 is 6.18 Å². The van der Waals surface area contributed by atoms with Crippen LogP contribution in [0.15, 0.2) is 30.5 Å². The van der Waals surface area contributed by atoms with Crippen LogP contribution in [-0.2, 0) is 6.42 Å². The lowest BCUT2D eigenvalue weighted by atomic mass is 9.88. The number of carbonyl (C=O) groups excluding carboxylic acids is 1. The first kappa shape index (κ1) is 25.6. The molecule has 1 aliphatic heterocycles. The van der Waals surface area contributed by atoms with Gasteiger partial charge in [0.1, 0.15) is 6.04 Å². The summed E-state index contributed by atoms with van der Waals surface area (Å²) >= 11 is 1.10. The number of nitrogens with zero attached hydrogens (tertiary/aromatic N) is 4. The number of carbonyl (C=O) groups is 1. The molecule has 3 aromatic rings. The third kappa shape index (κ3) is 6.22. The maximum absolute atomic E-state index is 13.4. The van der Waals surface area contributed by atoms with E-state index in [1.54, 1.807) is 4.90 Å². The normalized spacial score (nSPS) is 18.5. The van der Waals surface area contributed by atoms with Crippen LogP contribution >= 0.6 is 11.3 Å². The van der Waals surface area contributed by atoms with E-state index in [2.05, 4.69) is 35.1 Å². The minimum Gasteiger partial charge on any atom is -0.361 e. The van der Waals surface area contributed by atoms with Crippen molar-refractivity contribution < 1.29 is 18.0 Å². The first-order valence-electron chi connectivity index (χ1n) is 12.1. The van der Waals surface area contributed by atoms with Crippen molar-refractivity contribution in [2.24, 2.45) is 11.8 Å². The summed E-state index contributed by atoms with van der Waals surface area (Å²) in [6.45, 7) is 4.83. The molecule has 2 unspecified atom stereocenters. The molecule has 1 aromatic carbocycles. The van der Waals surface area contributed by atoms with Crippen molar-refractivity contribution in [3.63, 3.8) is 0 Å². The Hall–Kier alpha value is -2.46. The average molecular weight is 508 g/mol. The number of H-pyrrole nitrogens is 1. The number of hydrogen-bond acceptors (Lipinski definition) is 6. The number of anilines is 1. The minimum absolute atomic E-state index is 0.0937. The molecule has 190 valence electrons. The van der Waals surface area contributed by atoms with Crippen molar-refractivity contribution in [2.75, 3.05) is 31.6 Å². The van der Waals surface area contributed by atoms with Gasteiger partial charge in [0.15, 0.2) is 10.8 Å². The zero-order chi connectivity index (χ0) is 25.2. The summed E-state index contributed by atoms with van der Waals surface area (Å²) in [5, 5.41) is 9.98. The van der Waals surface area contributed by atoms with Crippen LogP contribution in [0.4, 0.5) is 18.3 Å². The van der Waals surface area contributed by atoms with Gasteiger partial charge in [0, 0.05) is 43.2 Å². The second-order valence-electron chi connectivity index (χ2n) is 9.90. The first-order valence-corrected chi connectivity index (χ1v) is 12.9. The fraction of sp³-hybridized carbons (Fsp3) is 0.560. The Balaban J connectivity index is 1.45. The molecule has 3 heterocycles. The Bertz CT molecular complexity index is 1140. The third-order valence-electron chi connectivity index (χ3n) is 6.76. The molecule has 35 heavy (non-hydrogen) atoms. The van der Waals surface area contributed by atoms with Gasteiger partial charge in [-0.3, -0.25) is 9.69 Å². The second kappa shape index (κ2) is 10.7. The summed E-state index contributed by atoms with van der Waals surface area (Å²) in [4.78, 5) is 19.4. The SMILES string of the molecule is CC(C)CCC(CC(=O)c1nnc(N2CCN(C)C(C(F)(F)F)C2)s1)Cc1c[nH]c2ccccc12. The summed E-state index contributed by atoms with van der Waals surface area (Å²) in [7, 11) is 1.48. The standard InChI is InChI=1S/C25H32F3N5OS/c1-16(2)8-9-17(12-18-14-29-20-7-5-4-6-19(18)20)13-21(34)23-30-31-24(35-23)33-11-10-32(3)22(15-33)25(26,27)28/h4-7,14,16-17,22,29H,8-13,15H2,1-3H3. The number of nitrogens with one attached hydrogen (secondary N) is 1. The van der Waals surface area contributed by atoms with Crippen LogP contribution in [0, 0.1) is 11.8 Å². The van der Waals surface area contributed by atoms with Gasteiger partial charge in [-0.15, -0.1) is 10.2 Å². The van der Waals surface area contributed by atoms with E-state index < -0.39 is 12.2 Å². The van der Waals surface area contributed by atoms with E-state index in [1.165, 1.54) is 22.9 Å². The van der Waals surface area contributed by atoms with E-state index in [-0.39, 0.29) is 29.8 Å². The molecule has 0 amide bonds. The number of alkyl halides is 3. The second-order valence-corrected chi connectivity index (χ2v) is 10.9. The number of likely N-dealkylation sites (N-methyl/N-ethyl adjacent to an activating group) is 1. The maximum atomic E-state index is 13.4. The van der Waals surface area contributed by atoms with Crippen molar-refractivity contribution in [3.05, 3.63) is 41.0 Å². The van der Waals surface area contributed by atoms with Crippen LogP contribution in [0.1, 0.15) is 48.5 Å². The Morgan fingerprint density at radius 2 is 1.97 bits per heavy atom. The molecule has 1 aliphatic rings. The van der Waals surface area contributed by atoms with Crippen molar-refractivity contribution in [3.8, 4) is 0 Å². The summed E-state index contributed by atoms with van der Waals surface area (Å²) in [5.41, 5.74) is 2.27. The molecular weight excluding hydrogens is 475 g/mol. The molecule has 0 aliphatic carbocycles. The van der Waals surface area contributed by atoms with Gasteiger partial charge in [0.05, 0.1) is 0 Å². The molecule has 6 nitrogen and oxygen atoms in total. The van der Waals surface area contributed by atoms with Crippen LogP contribution in [-0.4, -0.2) is 64.8 Å². The van der Waals surface area contributed by atoms with E-state index in [1.807, 2.05) is 24.4 Å². The van der Waals surface area contributed by atoms with E-state index in [4.69, 9.17) is 0 Å². The largest absolute Gasteiger partial charge is 0.405 e. The van der Waals surface area contributed by atoms with E-state index in [0.717, 1.165) is 36.1 Å². The van der Waals surface area contributed by atoms with Gasteiger partial charge in [0.25, 0.3) is 0 Å². The molecule has 10 heteroatoms. The molecule has 0 spiro atoms. The van der Waals surface area contributed by atoms with E-state index in [9.17, 15) is 18.0 Å². The Kier molecular flexibility index (Phi) is 7.80. The number of piperazine rings is 1. The highest BCUT2D eigenvalue weighted by Crippen LogP contribution is 2.32. The van der Waals surface area contributed by atoms with Crippen molar-refractivity contribution in [2.45, 2.75) is 51.7 Å². The highest BCUT2D eigenvalue weighted by atomic mass is 32.1. The van der Waals surface area contributed by atoms with Crippen molar-refractivity contribution in [1.29, 1.82) is 0 Å². The Morgan fingerprint density at radius 3 is 2.71 bits per heavy atom. The molecular formula is C25H32F3N5OS. The van der Waals surface area contributed by atoms with Gasteiger partial charge < -0.3 is 9.88 Å². The lowest BCUT2D eigenvalue weighted by molar-refractivity contribution is -0.180. The molecule has 2 aromatic heterocycles. The number of halogens is 3. The van der Waals surface area contributed by atoms with Crippen LogP contribution < -0.4 is 4.90 Å². The molecule has 2 atom stereocenters. The average Bonchev–Trinajstić information content (AvgIpc) is 3.45. The highest BCUT2D eigenvalue weighted by Gasteiger charge is 2.45. The van der Waals surface area contributed by atoms with Crippen molar-refractivity contribution >= 4 is 33.2 Å². The molecule has 0 saturated carbocycles. The molecule has 1 saturated heterocycles. The van der Waals surface area contributed by atoms with Crippen LogP contribution in [0.2, 0.25) is 0 Å². The van der Waals surface area contributed by atoms with E-state index >= 15 is 0 Å². The number of hydrogen-bond donors (Lipinski definition) is 1. The number of fused-ring (bicyclic) bond motifs is 1. The maximum Gasteiger partial charge on any atom is 0.405 e. The number of para-hydroxylation sites is 1. The molecule has 0 radical (unpaired) electrons. The van der Waals surface area contributed by atoms with Crippen LogP contribution in [0.3, 0.4) is 0 Å². The first-order chi connectivity index (χ1) is 16.6. The van der Waals surface area contributed by atoms with Crippen LogP contribution in [0.25, 0.3) is 10.9 Å². The van der Waals surface area contributed by atoms with Gasteiger partial charge in [-0.05, 0) is 43.4 Å². The Morgan fingerprint density at radius 1 is 1.20 bits per heavy atom. The smallest absolute Gasteiger partial charge is 0.361 e. The van der Waals surface area contributed by atoms with Gasteiger partial charge in [0.2, 0.25) is 5.13 Å². The molecule has 1 fully saturated rings. The van der Waals surface area contributed by atoms with Gasteiger partial charge in [-0.1, -0.05) is 49.8 Å². The minimum atomic E-state index is -4.32.